The number of hydrogen-bond donors (Lipinski definition) is 1. The molecule has 140 valence electrons. The van der Waals surface area contributed by atoms with Crippen molar-refractivity contribution in [1.82, 2.24) is 9.47 Å². The lowest BCUT2D eigenvalue weighted by molar-refractivity contribution is -0.131. The van der Waals surface area contributed by atoms with E-state index < -0.39 is 23.7 Å². The van der Waals surface area contributed by atoms with Gasteiger partial charge in [0.05, 0.1) is 6.04 Å². The normalized spacial score (nSPS) is 13.1. The molecule has 6 heteroatoms. The molecule has 0 saturated heterocycles. The fraction of sp³-hybridized carbons (Fsp3) is 0.400. The van der Waals surface area contributed by atoms with E-state index in [1.54, 1.807) is 27.8 Å². The number of carboxylic acids is 1. The van der Waals surface area contributed by atoms with E-state index in [1.165, 1.54) is 11.0 Å². The Morgan fingerprint density at radius 1 is 1.31 bits per heavy atom. The third-order valence-corrected chi connectivity index (χ3v) is 4.05. The van der Waals surface area contributed by atoms with Gasteiger partial charge in [0.2, 0.25) is 0 Å². The van der Waals surface area contributed by atoms with E-state index in [9.17, 15) is 9.59 Å². The van der Waals surface area contributed by atoms with Gasteiger partial charge in [0.15, 0.2) is 0 Å². The van der Waals surface area contributed by atoms with Gasteiger partial charge < -0.3 is 19.3 Å². The summed E-state index contributed by atoms with van der Waals surface area (Å²) in [5.74, 6) is -1.05. The van der Waals surface area contributed by atoms with Gasteiger partial charge >= 0.3 is 12.1 Å². The van der Waals surface area contributed by atoms with E-state index in [0.717, 1.165) is 22.5 Å². The Morgan fingerprint density at radius 3 is 2.58 bits per heavy atom. The van der Waals surface area contributed by atoms with Crippen molar-refractivity contribution in [2.45, 2.75) is 38.8 Å². The molecule has 2 aromatic rings. The van der Waals surface area contributed by atoms with Gasteiger partial charge in [-0.2, -0.15) is 0 Å². The van der Waals surface area contributed by atoms with Gasteiger partial charge in [0.1, 0.15) is 5.60 Å². The number of fused-ring (bicyclic) bond motifs is 1. The minimum absolute atomic E-state index is 0.438. The predicted octanol–water partition coefficient (Wildman–Crippen LogP) is 3.60. The van der Waals surface area contributed by atoms with Crippen molar-refractivity contribution >= 4 is 23.0 Å². The summed E-state index contributed by atoms with van der Waals surface area (Å²) in [5, 5.41) is 10.1. The maximum absolute atomic E-state index is 12.4. The Hall–Kier alpha value is -2.76. The van der Waals surface area contributed by atoms with Crippen LogP contribution in [0.2, 0.25) is 0 Å². The van der Waals surface area contributed by atoms with Crippen molar-refractivity contribution in [3.8, 4) is 0 Å². The summed E-state index contributed by atoms with van der Waals surface area (Å²) in [6.07, 6.45) is 4.60. The zero-order chi connectivity index (χ0) is 19.5. The molecule has 1 aromatic heterocycles. The number of carbonyl (C=O) groups excluding carboxylic acids is 1. The number of carboxylic acid groups (broad SMARTS) is 1. The molecule has 0 aliphatic heterocycles. The molecule has 0 bridgehead atoms. The number of amides is 1. The minimum Gasteiger partial charge on any atom is -0.478 e. The van der Waals surface area contributed by atoms with Crippen LogP contribution in [-0.4, -0.2) is 45.3 Å². The number of aliphatic carboxylic acids is 1. The highest BCUT2D eigenvalue weighted by atomic mass is 16.6. The van der Waals surface area contributed by atoms with Gasteiger partial charge in [0, 0.05) is 37.3 Å². The fourth-order valence-electron chi connectivity index (χ4n) is 2.81. The van der Waals surface area contributed by atoms with Crippen LogP contribution in [0.15, 0.2) is 42.6 Å². The number of ether oxygens (including phenoxy) is 1. The molecule has 0 unspecified atom stereocenters. The maximum atomic E-state index is 12.4. The highest BCUT2D eigenvalue weighted by Gasteiger charge is 2.25. The Labute approximate surface area is 153 Å². The third kappa shape index (κ3) is 4.88. The number of aromatic nitrogens is 1. The molecule has 1 aromatic carbocycles. The van der Waals surface area contributed by atoms with Crippen LogP contribution >= 0.6 is 0 Å². The molecule has 2 rings (SSSR count). The van der Waals surface area contributed by atoms with Gasteiger partial charge in [-0.3, -0.25) is 0 Å². The lowest BCUT2D eigenvalue weighted by Gasteiger charge is -2.29. The highest BCUT2D eigenvalue weighted by molar-refractivity contribution is 5.84. The molecule has 1 atom stereocenters. The summed E-state index contributed by atoms with van der Waals surface area (Å²) >= 11 is 0. The minimum atomic E-state index is -1.05. The van der Waals surface area contributed by atoms with E-state index >= 15 is 0 Å². The summed E-state index contributed by atoms with van der Waals surface area (Å²) < 4.78 is 7.44. The first-order chi connectivity index (χ1) is 12.1. The van der Waals surface area contributed by atoms with Crippen LogP contribution in [0.3, 0.4) is 0 Å². The molecule has 1 heterocycles. The van der Waals surface area contributed by atoms with E-state index in [1.807, 2.05) is 42.1 Å². The number of carbonyl (C=O) groups is 2. The molecule has 0 radical (unpaired) electrons. The van der Waals surface area contributed by atoms with Crippen molar-refractivity contribution in [2.75, 3.05) is 7.05 Å². The Bertz CT molecular complexity index is 830. The van der Waals surface area contributed by atoms with Gasteiger partial charge in [-0.05, 0) is 38.8 Å². The molecule has 1 amide bonds. The topological polar surface area (TPSA) is 71.8 Å². The molecule has 0 aliphatic carbocycles. The predicted molar refractivity (Wildman–Crippen MR) is 101 cm³/mol. The van der Waals surface area contributed by atoms with Crippen LogP contribution in [0.25, 0.3) is 10.9 Å². The van der Waals surface area contributed by atoms with Crippen LogP contribution < -0.4 is 0 Å². The average Bonchev–Trinajstić information content (AvgIpc) is 2.85. The quantitative estimate of drug-likeness (QED) is 0.829. The highest BCUT2D eigenvalue weighted by Crippen LogP contribution is 2.23. The second-order valence-electron chi connectivity index (χ2n) is 7.34. The van der Waals surface area contributed by atoms with E-state index in [0.29, 0.717) is 6.42 Å². The Kier molecular flexibility index (Phi) is 5.75. The van der Waals surface area contributed by atoms with Crippen molar-refractivity contribution in [2.24, 2.45) is 7.05 Å². The second-order valence-corrected chi connectivity index (χ2v) is 7.34. The van der Waals surface area contributed by atoms with Crippen molar-refractivity contribution in [1.29, 1.82) is 0 Å². The number of para-hydroxylation sites is 1. The van der Waals surface area contributed by atoms with E-state index in [4.69, 9.17) is 9.84 Å². The maximum Gasteiger partial charge on any atom is 0.410 e. The fourth-order valence-corrected chi connectivity index (χ4v) is 2.81. The SMILES string of the molecule is CN(C(=O)OC(C)(C)C)[C@@H](C=CC(=O)O)Cc1cn(C)c2ccccc12. The van der Waals surface area contributed by atoms with Crippen LogP contribution in [0.5, 0.6) is 0 Å². The number of hydrogen-bond acceptors (Lipinski definition) is 3. The number of rotatable bonds is 5. The number of benzene rings is 1. The number of aryl methyl sites for hydroxylation is 1. The first kappa shape index (κ1) is 19.6. The molecular formula is C20H26N2O4. The summed E-state index contributed by atoms with van der Waals surface area (Å²) in [5.41, 5.74) is 1.51. The Balaban J connectivity index is 2.32. The molecule has 0 saturated carbocycles. The average molecular weight is 358 g/mol. The molecule has 1 N–H and O–H groups in total. The second kappa shape index (κ2) is 7.64. The van der Waals surface area contributed by atoms with Crippen molar-refractivity contribution < 1.29 is 19.4 Å². The standard InChI is InChI=1S/C20H26N2O4/c1-20(2,3)26-19(25)22(5)15(10-11-18(23)24)12-14-13-21(4)17-9-7-6-8-16(14)17/h6-11,13,15H,12H2,1-5H3,(H,23,24)/t15-/m0/s1. The van der Waals surface area contributed by atoms with Gasteiger partial charge in [-0.25, -0.2) is 9.59 Å². The molecular weight excluding hydrogens is 332 g/mol. The molecule has 0 aliphatic rings. The summed E-state index contributed by atoms with van der Waals surface area (Å²) in [6, 6.07) is 7.55. The molecule has 0 fully saturated rings. The van der Waals surface area contributed by atoms with Crippen molar-refractivity contribution in [3.63, 3.8) is 0 Å². The van der Waals surface area contributed by atoms with Crippen LogP contribution in [-0.2, 0) is 23.0 Å². The van der Waals surface area contributed by atoms with E-state index in [-0.39, 0.29) is 0 Å². The summed E-state index contributed by atoms with van der Waals surface area (Å²) in [6.45, 7) is 5.39. The van der Waals surface area contributed by atoms with Gasteiger partial charge in [0.25, 0.3) is 0 Å². The van der Waals surface area contributed by atoms with Crippen LogP contribution in [0.1, 0.15) is 26.3 Å². The zero-order valence-electron chi connectivity index (χ0n) is 15.9. The summed E-state index contributed by atoms with van der Waals surface area (Å²) in [7, 11) is 3.58. The lowest BCUT2D eigenvalue weighted by Crippen LogP contribution is -2.41. The number of nitrogens with zero attached hydrogens (tertiary/aromatic N) is 2. The first-order valence-electron chi connectivity index (χ1n) is 8.48. The number of likely N-dealkylation sites (N-methyl/N-ethyl adjacent to an activating group) is 1. The van der Waals surface area contributed by atoms with Crippen LogP contribution in [0, 0.1) is 0 Å². The monoisotopic (exact) mass is 358 g/mol. The third-order valence-electron chi connectivity index (χ3n) is 4.05. The molecule has 0 spiro atoms. The largest absolute Gasteiger partial charge is 0.478 e. The molecule has 26 heavy (non-hydrogen) atoms. The first-order valence-corrected chi connectivity index (χ1v) is 8.48. The van der Waals surface area contributed by atoms with Gasteiger partial charge in [-0.15, -0.1) is 0 Å². The summed E-state index contributed by atoms with van der Waals surface area (Å²) in [4.78, 5) is 24.8. The molecule has 6 nitrogen and oxygen atoms in total. The smallest absolute Gasteiger partial charge is 0.410 e. The Morgan fingerprint density at radius 2 is 1.96 bits per heavy atom. The van der Waals surface area contributed by atoms with E-state index in [2.05, 4.69) is 0 Å². The van der Waals surface area contributed by atoms with Crippen molar-refractivity contribution in [3.05, 3.63) is 48.2 Å². The lowest BCUT2D eigenvalue weighted by atomic mass is 10.0. The van der Waals surface area contributed by atoms with Gasteiger partial charge in [-0.1, -0.05) is 24.3 Å². The van der Waals surface area contributed by atoms with Crippen LogP contribution in [0.4, 0.5) is 4.79 Å². The zero-order valence-corrected chi connectivity index (χ0v) is 15.9.